The van der Waals surface area contributed by atoms with Gasteiger partial charge >= 0.3 is 5.97 Å². The molecule has 156 valence electrons. The van der Waals surface area contributed by atoms with Crippen molar-refractivity contribution in [2.45, 2.75) is 58.7 Å². The Hall–Kier alpha value is -2.54. The van der Waals surface area contributed by atoms with E-state index in [1.807, 2.05) is 6.92 Å². The molecule has 0 amide bonds. The summed E-state index contributed by atoms with van der Waals surface area (Å²) in [5.41, 5.74) is 9.72. The standard InChI is InChI=1S/C22H30N4O3/c1-5-29-22(28)17-11-26(15-6-7-15)19-14(4)20(18(23)8-16(19)21(17)27)25-9-12(2)24-13(3)10-25/h8,11-13,15,24H,5-7,9-10,23H2,1-4H3/t12-,13+. The monoisotopic (exact) mass is 398 g/mol. The SMILES string of the molecule is CCOC(=O)c1cn(C2CC2)c2c(C)c(N3C[C@@H](C)N[C@@H](C)C3)c(N)cc2c1=O. The Bertz CT molecular complexity index is 1020. The fourth-order valence-corrected chi connectivity index (χ4v) is 4.66. The van der Waals surface area contributed by atoms with E-state index in [1.165, 1.54) is 0 Å². The molecule has 2 fully saturated rings. The molecule has 1 aliphatic heterocycles. The van der Waals surface area contributed by atoms with Crippen LogP contribution in [-0.4, -0.2) is 42.3 Å². The third kappa shape index (κ3) is 3.48. The normalized spacial score (nSPS) is 22.1. The van der Waals surface area contributed by atoms with E-state index in [2.05, 4.69) is 28.6 Å². The second-order valence-corrected chi connectivity index (χ2v) is 8.44. The maximum absolute atomic E-state index is 13.1. The molecule has 3 N–H and O–H groups in total. The summed E-state index contributed by atoms with van der Waals surface area (Å²) in [7, 11) is 0. The van der Waals surface area contributed by atoms with Gasteiger partial charge in [-0.2, -0.15) is 0 Å². The molecule has 29 heavy (non-hydrogen) atoms. The number of aromatic nitrogens is 1. The summed E-state index contributed by atoms with van der Waals surface area (Å²) < 4.78 is 7.21. The van der Waals surface area contributed by atoms with Crippen molar-refractivity contribution in [3.63, 3.8) is 0 Å². The lowest BCUT2D eigenvalue weighted by Gasteiger charge is -2.39. The lowest BCUT2D eigenvalue weighted by molar-refractivity contribution is 0.0524. The Morgan fingerprint density at radius 2 is 1.93 bits per heavy atom. The average molecular weight is 399 g/mol. The van der Waals surface area contributed by atoms with Crippen molar-refractivity contribution in [2.24, 2.45) is 0 Å². The zero-order valence-corrected chi connectivity index (χ0v) is 17.6. The molecule has 2 heterocycles. The van der Waals surface area contributed by atoms with Gasteiger partial charge in [-0.3, -0.25) is 4.79 Å². The number of nitrogens with zero attached hydrogens (tertiary/aromatic N) is 2. The number of ether oxygens (including phenoxy) is 1. The maximum Gasteiger partial charge on any atom is 0.343 e. The molecule has 0 radical (unpaired) electrons. The van der Waals surface area contributed by atoms with E-state index in [-0.39, 0.29) is 17.6 Å². The smallest absolute Gasteiger partial charge is 0.343 e. The molecule has 2 aromatic rings. The summed E-state index contributed by atoms with van der Waals surface area (Å²) >= 11 is 0. The minimum atomic E-state index is -0.571. The van der Waals surface area contributed by atoms with Crippen molar-refractivity contribution >= 4 is 28.2 Å². The van der Waals surface area contributed by atoms with Gasteiger partial charge in [-0.1, -0.05) is 0 Å². The summed E-state index contributed by atoms with van der Waals surface area (Å²) in [5, 5.41) is 4.04. The molecular weight excluding hydrogens is 368 g/mol. The molecular formula is C22H30N4O3. The Balaban J connectivity index is 1.94. The molecule has 0 unspecified atom stereocenters. The number of carbonyl (C=O) groups excluding carboxylic acids is 1. The number of benzene rings is 1. The van der Waals surface area contributed by atoms with Gasteiger partial charge in [0.25, 0.3) is 0 Å². The van der Waals surface area contributed by atoms with Crippen LogP contribution in [0.5, 0.6) is 0 Å². The van der Waals surface area contributed by atoms with Crippen LogP contribution in [0, 0.1) is 6.92 Å². The fraction of sp³-hybridized carbons (Fsp3) is 0.545. The number of esters is 1. The minimum Gasteiger partial charge on any atom is -0.462 e. The van der Waals surface area contributed by atoms with Crippen molar-refractivity contribution < 1.29 is 9.53 Å². The number of rotatable bonds is 4. The highest BCUT2D eigenvalue weighted by Crippen LogP contribution is 2.41. The first-order valence-corrected chi connectivity index (χ1v) is 10.5. The number of fused-ring (bicyclic) bond motifs is 1. The summed E-state index contributed by atoms with van der Waals surface area (Å²) in [6, 6.07) is 2.76. The molecule has 4 rings (SSSR count). The number of nitrogen functional groups attached to an aromatic ring is 1. The van der Waals surface area contributed by atoms with Gasteiger partial charge in [-0.25, -0.2) is 4.79 Å². The highest BCUT2D eigenvalue weighted by molar-refractivity contribution is 5.98. The topological polar surface area (TPSA) is 89.6 Å². The number of hydrogen-bond acceptors (Lipinski definition) is 6. The van der Waals surface area contributed by atoms with E-state index in [9.17, 15) is 9.59 Å². The zero-order valence-electron chi connectivity index (χ0n) is 17.6. The van der Waals surface area contributed by atoms with Crippen LogP contribution in [0.15, 0.2) is 17.1 Å². The Kier molecular flexibility index (Phi) is 5.02. The van der Waals surface area contributed by atoms with Crippen molar-refractivity contribution in [1.29, 1.82) is 0 Å². The van der Waals surface area contributed by atoms with Crippen LogP contribution in [-0.2, 0) is 4.74 Å². The van der Waals surface area contributed by atoms with E-state index < -0.39 is 5.97 Å². The third-order valence-corrected chi connectivity index (χ3v) is 5.86. The van der Waals surface area contributed by atoms with Gasteiger partial charge < -0.3 is 25.3 Å². The molecule has 1 aromatic heterocycles. The molecule has 2 aliphatic rings. The summed E-state index contributed by atoms with van der Waals surface area (Å²) in [4.78, 5) is 27.8. The van der Waals surface area contributed by atoms with E-state index in [1.54, 1.807) is 19.2 Å². The van der Waals surface area contributed by atoms with Gasteiger partial charge in [0.2, 0.25) is 5.43 Å². The van der Waals surface area contributed by atoms with E-state index in [0.717, 1.165) is 42.7 Å². The van der Waals surface area contributed by atoms with Crippen LogP contribution in [0.4, 0.5) is 11.4 Å². The lowest BCUT2D eigenvalue weighted by Crippen LogP contribution is -2.54. The van der Waals surface area contributed by atoms with Gasteiger partial charge in [0.05, 0.1) is 23.5 Å². The second kappa shape index (κ2) is 7.37. The summed E-state index contributed by atoms with van der Waals surface area (Å²) in [5.74, 6) is -0.571. The van der Waals surface area contributed by atoms with E-state index in [4.69, 9.17) is 10.5 Å². The van der Waals surface area contributed by atoms with Gasteiger partial charge in [0, 0.05) is 42.8 Å². The fourth-order valence-electron chi connectivity index (χ4n) is 4.66. The van der Waals surface area contributed by atoms with Crippen LogP contribution in [0.25, 0.3) is 10.9 Å². The first-order chi connectivity index (χ1) is 13.8. The molecule has 1 saturated heterocycles. The van der Waals surface area contributed by atoms with Crippen LogP contribution in [0.2, 0.25) is 0 Å². The lowest BCUT2D eigenvalue weighted by atomic mass is 10.0. The summed E-state index contributed by atoms with van der Waals surface area (Å²) in [6.45, 7) is 10.1. The van der Waals surface area contributed by atoms with Crippen LogP contribution in [0.1, 0.15) is 55.6 Å². The van der Waals surface area contributed by atoms with Crippen molar-refractivity contribution in [3.8, 4) is 0 Å². The molecule has 7 heteroatoms. The molecule has 1 aliphatic carbocycles. The van der Waals surface area contributed by atoms with Gasteiger partial charge in [-0.05, 0) is 52.2 Å². The van der Waals surface area contributed by atoms with E-state index >= 15 is 0 Å². The molecule has 0 bridgehead atoms. The number of nitrogens with one attached hydrogen (secondary N) is 1. The Morgan fingerprint density at radius 1 is 1.28 bits per heavy atom. The first kappa shape index (κ1) is 19.8. The predicted molar refractivity (Wildman–Crippen MR) is 116 cm³/mol. The maximum atomic E-state index is 13.1. The molecule has 0 spiro atoms. The van der Waals surface area contributed by atoms with Crippen molar-refractivity contribution in [1.82, 2.24) is 9.88 Å². The number of hydrogen-bond donors (Lipinski definition) is 2. The molecule has 2 atom stereocenters. The number of aryl methyl sites for hydroxylation is 1. The van der Waals surface area contributed by atoms with E-state index in [0.29, 0.717) is 29.2 Å². The van der Waals surface area contributed by atoms with Gasteiger partial charge in [0.15, 0.2) is 0 Å². The minimum absolute atomic E-state index is 0.0854. The molecule has 1 saturated carbocycles. The predicted octanol–water partition coefficient (Wildman–Crippen LogP) is 2.59. The number of anilines is 2. The second-order valence-electron chi connectivity index (χ2n) is 8.44. The van der Waals surface area contributed by atoms with Crippen LogP contribution < -0.4 is 21.4 Å². The van der Waals surface area contributed by atoms with Crippen molar-refractivity contribution in [3.05, 3.63) is 33.6 Å². The largest absolute Gasteiger partial charge is 0.462 e. The zero-order chi connectivity index (χ0) is 20.9. The number of pyridine rings is 1. The van der Waals surface area contributed by atoms with Crippen LogP contribution >= 0.6 is 0 Å². The summed E-state index contributed by atoms with van der Waals surface area (Å²) in [6.07, 6.45) is 3.78. The van der Waals surface area contributed by atoms with Crippen molar-refractivity contribution in [2.75, 3.05) is 30.3 Å². The number of nitrogens with two attached hydrogens (primary N) is 1. The average Bonchev–Trinajstić information content (AvgIpc) is 3.47. The highest BCUT2D eigenvalue weighted by atomic mass is 16.5. The van der Waals surface area contributed by atoms with Crippen LogP contribution in [0.3, 0.4) is 0 Å². The molecule has 1 aromatic carbocycles. The van der Waals surface area contributed by atoms with Gasteiger partial charge in [-0.15, -0.1) is 0 Å². The number of piperazine rings is 1. The van der Waals surface area contributed by atoms with Gasteiger partial charge in [0.1, 0.15) is 5.56 Å². The highest BCUT2D eigenvalue weighted by Gasteiger charge is 2.30. The third-order valence-electron chi connectivity index (χ3n) is 5.86. The first-order valence-electron chi connectivity index (χ1n) is 10.5. The Morgan fingerprint density at radius 3 is 2.52 bits per heavy atom. The molecule has 7 nitrogen and oxygen atoms in total. The number of carbonyl (C=O) groups is 1. The quantitative estimate of drug-likeness (QED) is 0.608. The Labute approximate surface area is 170 Å².